The third-order valence-electron chi connectivity index (χ3n) is 2.17. The number of nitro benzene ring substituents is 3. The van der Waals surface area contributed by atoms with Gasteiger partial charge in [-0.2, -0.15) is 8.42 Å². The van der Waals surface area contributed by atoms with Crippen LogP contribution in [0.15, 0.2) is 17.0 Å². The van der Waals surface area contributed by atoms with Crippen molar-refractivity contribution < 1.29 is 36.2 Å². The van der Waals surface area contributed by atoms with Crippen LogP contribution in [-0.4, -0.2) is 36.2 Å². The monoisotopic (exact) mass is 357 g/mol. The summed E-state index contributed by atoms with van der Waals surface area (Å²) >= 11 is 0. The number of nitro groups is 3. The lowest BCUT2D eigenvalue weighted by Gasteiger charge is -2.03. The molecule has 0 saturated heterocycles. The van der Waals surface area contributed by atoms with Gasteiger partial charge in [0.05, 0.1) is 26.9 Å². The third-order valence-corrected chi connectivity index (χ3v) is 5.80. The Labute approximate surface area is 119 Å². The molecule has 16 heteroatoms. The van der Waals surface area contributed by atoms with Gasteiger partial charge in [-0.3, -0.25) is 34.9 Å². The van der Waals surface area contributed by atoms with Crippen LogP contribution in [0.4, 0.5) is 17.1 Å². The van der Waals surface area contributed by atoms with Crippen LogP contribution in [-0.2, 0) is 18.0 Å². The van der Waals surface area contributed by atoms with Crippen molar-refractivity contribution in [2.24, 2.45) is 0 Å². The Morgan fingerprint density at radius 3 is 1.41 bits per heavy atom. The van der Waals surface area contributed by atoms with E-state index in [1.807, 2.05) is 0 Å². The van der Waals surface area contributed by atoms with Crippen molar-refractivity contribution in [2.75, 3.05) is 0 Å². The first-order valence-corrected chi connectivity index (χ1v) is 8.08. The highest BCUT2D eigenvalue weighted by molar-refractivity contribution is 8.65. The molecule has 0 atom stereocenters. The fourth-order valence-electron chi connectivity index (χ4n) is 1.32. The Morgan fingerprint density at radius 2 is 1.18 bits per heavy atom. The van der Waals surface area contributed by atoms with E-state index in [1.54, 1.807) is 0 Å². The van der Waals surface area contributed by atoms with Gasteiger partial charge in [-0.1, -0.05) is 0 Å². The molecule has 0 aliphatic carbocycles. The van der Waals surface area contributed by atoms with Crippen LogP contribution >= 0.6 is 0 Å². The molecular formula is C6H3N3O11S2. The normalized spacial score (nSPS) is 11.9. The number of hydrogen-bond donors (Lipinski definition) is 1. The van der Waals surface area contributed by atoms with E-state index in [9.17, 15) is 47.2 Å². The topological polar surface area (TPSA) is 218 Å². The van der Waals surface area contributed by atoms with Gasteiger partial charge in [0, 0.05) is 0 Å². The minimum atomic E-state index is -6.01. The van der Waals surface area contributed by atoms with Gasteiger partial charge < -0.3 is 0 Å². The smallest absolute Gasteiger partial charge is 0.273 e. The SMILES string of the molecule is O=[N+]([O-])c1cc([N+](=O)[O-])c(S(=O)(=O)S(=O)(=O)O)c([N+](=O)[O-])c1. The summed E-state index contributed by atoms with van der Waals surface area (Å²) in [4.78, 5) is 25.7. The average Bonchev–Trinajstić information content (AvgIpc) is 2.35. The van der Waals surface area contributed by atoms with Crippen molar-refractivity contribution in [2.45, 2.75) is 4.90 Å². The molecule has 0 spiro atoms. The van der Waals surface area contributed by atoms with Crippen molar-refractivity contribution in [1.82, 2.24) is 0 Å². The molecule has 0 saturated carbocycles. The number of benzene rings is 1. The van der Waals surface area contributed by atoms with Crippen LogP contribution in [0.5, 0.6) is 0 Å². The quantitative estimate of drug-likeness (QED) is 0.319. The molecule has 0 aromatic heterocycles. The van der Waals surface area contributed by atoms with E-state index >= 15 is 0 Å². The van der Waals surface area contributed by atoms with Crippen molar-refractivity contribution in [1.29, 1.82) is 0 Å². The van der Waals surface area contributed by atoms with E-state index in [-0.39, 0.29) is 12.1 Å². The second kappa shape index (κ2) is 5.24. The minimum Gasteiger partial charge on any atom is -0.273 e. The predicted octanol–water partition coefficient (Wildman–Crippen LogP) is -0.0123. The lowest BCUT2D eigenvalue weighted by molar-refractivity contribution is -0.407. The van der Waals surface area contributed by atoms with E-state index in [0.29, 0.717) is 0 Å². The van der Waals surface area contributed by atoms with Gasteiger partial charge in [0.2, 0.25) is 4.90 Å². The summed E-state index contributed by atoms with van der Waals surface area (Å²) in [5.74, 6) is 0. The second-order valence-corrected chi connectivity index (χ2v) is 8.22. The maximum absolute atomic E-state index is 11.6. The van der Waals surface area contributed by atoms with Crippen molar-refractivity contribution >= 4 is 35.1 Å². The molecule has 0 fully saturated rings. The largest absolute Gasteiger partial charge is 0.377 e. The first-order chi connectivity index (χ1) is 9.80. The lowest BCUT2D eigenvalue weighted by atomic mass is 10.2. The van der Waals surface area contributed by atoms with E-state index in [2.05, 4.69) is 0 Å². The summed E-state index contributed by atoms with van der Waals surface area (Å²) in [6.45, 7) is 0. The van der Waals surface area contributed by atoms with E-state index in [0.717, 1.165) is 0 Å². The third kappa shape index (κ3) is 2.82. The van der Waals surface area contributed by atoms with Crippen molar-refractivity contribution in [3.05, 3.63) is 42.5 Å². The molecule has 22 heavy (non-hydrogen) atoms. The fraction of sp³-hybridized carbons (Fsp3) is 0. The predicted molar refractivity (Wildman–Crippen MR) is 65.1 cm³/mol. The summed E-state index contributed by atoms with van der Waals surface area (Å²) in [7, 11) is -12.0. The molecule has 14 nitrogen and oxygen atoms in total. The van der Waals surface area contributed by atoms with Crippen LogP contribution < -0.4 is 0 Å². The Bertz CT molecular complexity index is 865. The molecule has 0 aliphatic heterocycles. The second-order valence-electron chi connectivity index (χ2n) is 3.47. The maximum Gasteiger partial charge on any atom is 0.377 e. The van der Waals surface area contributed by atoms with E-state index in [1.165, 1.54) is 0 Å². The van der Waals surface area contributed by atoms with E-state index in [4.69, 9.17) is 4.55 Å². The maximum atomic E-state index is 11.6. The Morgan fingerprint density at radius 1 is 0.818 bits per heavy atom. The summed E-state index contributed by atoms with van der Waals surface area (Å²) in [5, 5.41) is 32.1. The highest BCUT2D eigenvalue weighted by atomic mass is 33.2. The number of hydrogen-bond acceptors (Lipinski definition) is 10. The molecule has 0 radical (unpaired) electrons. The summed E-state index contributed by atoms with van der Waals surface area (Å²) in [6, 6.07) is 0.0378. The summed E-state index contributed by atoms with van der Waals surface area (Å²) in [5.41, 5.74) is -4.69. The first kappa shape index (κ1) is 17.3. The average molecular weight is 357 g/mol. The zero-order valence-corrected chi connectivity index (χ0v) is 11.5. The van der Waals surface area contributed by atoms with Crippen LogP contribution in [0.3, 0.4) is 0 Å². The molecule has 0 bridgehead atoms. The molecule has 0 heterocycles. The van der Waals surface area contributed by atoms with Gasteiger partial charge in [0.1, 0.15) is 0 Å². The summed E-state index contributed by atoms with van der Waals surface area (Å²) < 4.78 is 53.4. The van der Waals surface area contributed by atoms with Gasteiger partial charge in [-0.15, -0.1) is 0 Å². The number of nitrogens with zero attached hydrogens (tertiary/aromatic N) is 3. The fourth-order valence-corrected chi connectivity index (χ4v) is 3.46. The van der Waals surface area contributed by atoms with Gasteiger partial charge in [0.15, 0.2) is 0 Å². The number of non-ortho nitro benzene ring substituents is 1. The van der Waals surface area contributed by atoms with Gasteiger partial charge in [0.25, 0.3) is 5.69 Å². The van der Waals surface area contributed by atoms with Crippen molar-refractivity contribution in [3.63, 3.8) is 0 Å². The lowest BCUT2D eigenvalue weighted by Crippen LogP contribution is -2.18. The molecule has 120 valence electrons. The summed E-state index contributed by atoms with van der Waals surface area (Å²) in [6.07, 6.45) is 0. The Hall–Kier alpha value is -2.72. The van der Waals surface area contributed by atoms with Crippen LogP contribution in [0.2, 0.25) is 0 Å². The molecule has 1 rings (SSSR count). The minimum absolute atomic E-state index is 0.0189. The molecule has 0 amide bonds. The highest BCUT2D eigenvalue weighted by Gasteiger charge is 2.45. The standard InChI is InChI=1S/C6H3N3O11S2/c10-7(11)3-1-4(8(12)13)6(5(2-3)9(14)15)21(16,17)22(18,19)20/h1-2H,(H,18,19,20). The van der Waals surface area contributed by atoms with Gasteiger partial charge in [-0.25, -0.2) is 8.42 Å². The molecular weight excluding hydrogens is 354 g/mol. The zero-order valence-electron chi connectivity index (χ0n) is 9.84. The van der Waals surface area contributed by atoms with Crippen molar-refractivity contribution in [3.8, 4) is 0 Å². The first-order valence-electron chi connectivity index (χ1n) is 4.64. The van der Waals surface area contributed by atoms with Crippen LogP contribution in [0, 0.1) is 30.3 Å². The molecule has 1 aromatic carbocycles. The number of rotatable bonds is 5. The Kier molecular flexibility index (Phi) is 4.13. The molecule has 1 N–H and O–H groups in total. The van der Waals surface area contributed by atoms with Crippen LogP contribution in [0.1, 0.15) is 0 Å². The van der Waals surface area contributed by atoms with Gasteiger partial charge >= 0.3 is 29.4 Å². The highest BCUT2D eigenvalue weighted by Crippen LogP contribution is 2.38. The molecule has 0 aliphatic rings. The molecule has 1 aromatic rings. The Balaban J connectivity index is 4.12. The van der Waals surface area contributed by atoms with Crippen LogP contribution in [0.25, 0.3) is 0 Å². The zero-order chi connectivity index (χ0) is 17.5. The van der Waals surface area contributed by atoms with Gasteiger partial charge in [-0.05, 0) is 0 Å². The van der Waals surface area contributed by atoms with E-state index < -0.39 is 54.7 Å². The molecule has 0 unspecified atom stereocenters.